The average Bonchev–Trinajstić information content (AvgIpc) is 2.56. The first-order valence-electron chi connectivity index (χ1n) is 8.11. The quantitative estimate of drug-likeness (QED) is 0.429. The van der Waals surface area contributed by atoms with Crippen LogP contribution in [0, 0.1) is 5.92 Å². The van der Waals surface area contributed by atoms with Crippen LogP contribution in [0.25, 0.3) is 10.4 Å². The van der Waals surface area contributed by atoms with Crippen LogP contribution in [-0.4, -0.2) is 12.1 Å². The molecule has 4 nitrogen and oxygen atoms in total. The number of benzene rings is 1. The minimum Gasteiger partial charge on any atom is -0.370 e. The van der Waals surface area contributed by atoms with Crippen molar-refractivity contribution in [1.82, 2.24) is 0 Å². The first-order chi connectivity index (χ1) is 10.4. The molecule has 3 rings (SSSR count). The molecule has 0 spiro atoms. The molecular weight excluding hydrogens is 262 g/mol. The molecule has 0 unspecified atom stereocenters. The number of rotatable bonds is 3. The Bertz CT molecular complexity index is 492. The van der Waals surface area contributed by atoms with Gasteiger partial charge in [0.2, 0.25) is 0 Å². The second kappa shape index (κ2) is 6.97. The van der Waals surface area contributed by atoms with Gasteiger partial charge >= 0.3 is 0 Å². The minimum absolute atomic E-state index is 0.0703. The van der Waals surface area contributed by atoms with Gasteiger partial charge in [-0.15, -0.1) is 0 Å². The molecule has 0 N–H and O–H groups in total. The standard InChI is InChI=1S/C17H23N3O/c18-20-19-15-11-16(13-7-3-1-4-8-13)21-17(12-15)14-9-5-2-6-10-14/h1,3-4,7-8,14-17H,2,5-6,9-12H2/t15-,16-,17+/m0/s1. The molecule has 1 aromatic rings. The number of ether oxygens (including phenoxy) is 1. The van der Waals surface area contributed by atoms with Gasteiger partial charge in [-0.25, -0.2) is 0 Å². The summed E-state index contributed by atoms with van der Waals surface area (Å²) in [5.41, 5.74) is 9.99. The lowest BCUT2D eigenvalue weighted by molar-refractivity contribution is -0.0916. The average molecular weight is 285 g/mol. The summed E-state index contributed by atoms with van der Waals surface area (Å²) >= 11 is 0. The molecule has 112 valence electrons. The van der Waals surface area contributed by atoms with Gasteiger partial charge < -0.3 is 4.74 Å². The molecule has 21 heavy (non-hydrogen) atoms. The predicted octanol–water partition coefficient (Wildman–Crippen LogP) is 5.17. The Morgan fingerprint density at radius 1 is 1.05 bits per heavy atom. The fraction of sp³-hybridized carbons (Fsp3) is 0.647. The largest absolute Gasteiger partial charge is 0.370 e. The fourth-order valence-corrected chi connectivity index (χ4v) is 3.79. The molecule has 0 bridgehead atoms. The van der Waals surface area contributed by atoms with Crippen LogP contribution < -0.4 is 0 Å². The normalized spacial score (nSPS) is 30.6. The van der Waals surface area contributed by atoms with Crippen LogP contribution in [0.4, 0.5) is 0 Å². The summed E-state index contributed by atoms with van der Waals surface area (Å²) in [6, 6.07) is 10.4. The Morgan fingerprint density at radius 3 is 2.52 bits per heavy atom. The van der Waals surface area contributed by atoms with Crippen molar-refractivity contribution in [3.8, 4) is 0 Å². The van der Waals surface area contributed by atoms with E-state index in [2.05, 4.69) is 22.2 Å². The van der Waals surface area contributed by atoms with Crippen molar-refractivity contribution in [3.05, 3.63) is 46.3 Å². The Kier molecular flexibility index (Phi) is 4.79. The Balaban J connectivity index is 1.76. The maximum absolute atomic E-state index is 8.79. The molecule has 0 amide bonds. The van der Waals surface area contributed by atoms with Crippen molar-refractivity contribution in [2.45, 2.75) is 63.2 Å². The SMILES string of the molecule is [N-]=[N+]=N[C@H]1C[C@@H](c2ccccc2)O[C@@H](C2CCCCC2)C1. The highest BCUT2D eigenvalue weighted by Gasteiger charge is 2.34. The lowest BCUT2D eigenvalue weighted by Gasteiger charge is -2.39. The van der Waals surface area contributed by atoms with E-state index in [1.165, 1.54) is 37.7 Å². The zero-order chi connectivity index (χ0) is 14.5. The third-order valence-electron chi connectivity index (χ3n) is 4.89. The second-order valence-corrected chi connectivity index (χ2v) is 6.30. The van der Waals surface area contributed by atoms with E-state index in [1.54, 1.807) is 0 Å². The molecule has 0 aromatic heterocycles. The summed E-state index contributed by atoms with van der Waals surface area (Å²) in [4.78, 5) is 3.04. The summed E-state index contributed by atoms with van der Waals surface area (Å²) in [6.45, 7) is 0. The third kappa shape index (κ3) is 3.58. The van der Waals surface area contributed by atoms with E-state index in [9.17, 15) is 0 Å². The van der Waals surface area contributed by atoms with E-state index in [0.717, 1.165) is 12.8 Å². The number of hydrogen-bond acceptors (Lipinski definition) is 2. The zero-order valence-electron chi connectivity index (χ0n) is 12.4. The molecule has 1 saturated heterocycles. The molecule has 0 radical (unpaired) electrons. The summed E-state index contributed by atoms with van der Waals surface area (Å²) < 4.78 is 6.41. The van der Waals surface area contributed by atoms with Crippen LogP contribution in [0.15, 0.2) is 35.4 Å². The summed E-state index contributed by atoms with van der Waals surface area (Å²) in [5, 5.41) is 4.00. The Labute approximate surface area is 126 Å². The molecule has 1 saturated carbocycles. The summed E-state index contributed by atoms with van der Waals surface area (Å²) in [6.07, 6.45) is 8.51. The number of azide groups is 1. The van der Waals surface area contributed by atoms with Gasteiger partial charge in [0, 0.05) is 11.0 Å². The first kappa shape index (κ1) is 14.4. The smallest absolute Gasteiger partial charge is 0.0832 e. The highest BCUT2D eigenvalue weighted by molar-refractivity contribution is 5.18. The van der Waals surface area contributed by atoms with Crippen molar-refractivity contribution < 1.29 is 4.74 Å². The van der Waals surface area contributed by atoms with Gasteiger partial charge in [0.15, 0.2) is 0 Å². The van der Waals surface area contributed by atoms with E-state index in [0.29, 0.717) is 5.92 Å². The van der Waals surface area contributed by atoms with Crippen molar-refractivity contribution in [2.24, 2.45) is 11.0 Å². The monoisotopic (exact) mass is 285 g/mol. The van der Waals surface area contributed by atoms with Gasteiger partial charge in [0.25, 0.3) is 0 Å². The minimum atomic E-state index is 0.0703. The van der Waals surface area contributed by atoms with Gasteiger partial charge in [-0.05, 0) is 42.7 Å². The fourth-order valence-electron chi connectivity index (χ4n) is 3.79. The molecule has 2 fully saturated rings. The van der Waals surface area contributed by atoms with E-state index in [1.807, 2.05) is 18.2 Å². The highest BCUT2D eigenvalue weighted by Crippen LogP contribution is 2.39. The van der Waals surface area contributed by atoms with Crippen LogP contribution in [-0.2, 0) is 4.74 Å². The zero-order valence-corrected chi connectivity index (χ0v) is 12.4. The van der Waals surface area contributed by atoms with Gasteiger partial charge in [-0.1, -0.05) is 54.7 Å². The van der Waals surface area contributed by atoms with Crippen molar-refractivity contribution >= 4 is 0 Å². The Morgan fingerprint density at radius 2 is 1.81 bits per heavy atom. The molecular formula is C17H23N3O. The highest BCUT2D eigenvalue weighted by atomic mass is 16.5. The molecule has 4 heteroatoms. The maximum atomic E-state index is 8.79. The van der Waals surface area contributed by atoms with Crippen molar-refractivity contribution in [3.63, 3.8) is 0 Å². The van der Waals surface area contributed by atoms with Gasteiger partial charge in [-0.3, -0.25) is 0 Å². The third-order valence-corrected chi connectivity index (χ3v) is 4.89. The second-order valence-electron chi connectivity index (χ2n) is 6.30. The van der Waals surface area contributed by atoms with Crippen LogP contribution >= 0.6 is 0 Å². The predicted molar refractivity (Wildman–Crippen MR) is 82.8 cm³/mol. The molecule has 1 aromatic carbocycles. The Hall–Kier alpha value is -1.51. The first-order valence-corrected chi connectivity index (χ1v) is 8.11. The van der Waals surface area contributed by atoms with Gasteiger partial charge in [0.1, 0.15) is 0 Å². The maximum Gasteiger partial charge on any atom is 0.0832 e. The lowest BCUT2D eigenvalue weighted by atomic mass is 9.80. The molecule has 1 heterocycles. The lowest BCUT2D eigenvalue weighted by Crippen LogP contribution is -2.36. The van der Waals surface area contributed by atoms with E-state index in [4.69, 9.17) is 10.3 Å². The topological polar surface area (TPSA) is 58.0 Å². The van der Waals surface area contributed by atoms with Gasteiger partial charge in [-0.2, -0.15) is 0 Å². The van der Waals surface area contributed by atoms with E-state index in [-0.39, 0.29) is 18.2 Å². The molecule has 1 aliphatic carbocycles. The van der Waals surface area contributed by atoms with Crippen LogP contribution in [0.5, 0.6) is 0 Å². The summed E-state index contributed by atoms with van der Waals surface area (Å²) in [5.74, 6) is 0.640. The van der Waals surface area contributed by atoms with E-state index >= 15 is 0 Å². The van der Waals surface area contributed by atoms with Crippen LogP contribution in [0.2, 0.25) is 0 Å². The van der Waals surface area contributed by atoms with E-state index < -0.39 is 0 Å². The molecule has 2 aliphatic rings. The van der Waals surface area contributed by atoms with Crippen LogP contribution in [0.1, 0.15) is 56.6 Å². The molecule has 1 aliphatic heterocycles. The van der Waals surface area contributed by atoms with Gasteiger partial charge in [0.05, 0.1) is 12.2 Å². The molecule has 3 atom stereocenters. The number of hydrogen-bond donors (Lipinski definition) is 0. The number of nitrogens with zero attached hydrogens (tertiary/aromatic N) is 3. The van der Waals surface area contributed by atoms with Crippen molar-refractivity contribution in [1.29, 1.82) is 0 Å². The summed E-state index contributed by atoms with van der Waals surface area (Å²) in [7, 11) is 0. The van der Waals surface area contributed by atoms with Crippen molar-refractivity contribution in [2.75, 3.05) is 0 Å². The van der Waals surface area contributed by atoms with Crippen LogP contribution in [0.3, 0.4) is 0 Å².